The molecular formula is C16H18O8. The first-order chi connectivity index (χ1) is 11.2. The Morgan fingerprint density at radius 1 is 1.00 bits per heavy atom. The van der Waals surface area contributed by atoms with Gasteiger partial charge in [0, 0.05) is 13.8 Å². The van der Waals surface area contributed by atoms with E-state index in [1.165, 1.54) is 0 Å². The van der Waals surface area contributed by atoms with Crippen LogP contribution in [0.1, 0.15) is 54.8 Å². The molecule has 0 heterocycles. The molecule has 0 spiro atoms. The molecule has 1 rings (SSSR count). The van der Waals surface area contributed by atoms with Gasteiger partial charge >= 0.3 is 17.9 Å². The van der Waals surface area contributed by atoms with Crippen molar-refractivity contribution < 1.29 is 38.5 Å². The number of ketones is 1. The molecule has 0 bridgehead atoms. The Kier molecular flexibility index (Phi) is 6.46. The van der Waals surface area contributed by atoms with Crippen molar-refractivity contribution in [3.63, 3.8) is 0 Å². The molecule has 0 aliphatic carbocycles. The molecule has 0 atom stereocenters. The lowest BCUT2D eigenvalue weighted by atomic mass is 10.0. The Morgan fingerprint density at radius 3 is 2.00 bits per heavy atom. The standard InChI is InChI=1S/C16H18O8/c1-5-6-22-16(21)11-7-12(20)14(23-9(3)18)15(24-10(4)19)13(11)8(2)17/h7,20H,5-6H2,1-4H3. The molecule has 1 aromatic carbocycles. The molecule has 0 saturated heterocycles. The van der Waals surface area contributed by atoms with Gasteiger partial charge in [0.2, 0.25) is 5.75 Å². The average molecular weight is 338 g/mol. The van der Waals surface area contributed by atoms with Crippen molar-refractivity contribution in [1.29, 1.82) is 0 Å². The molecule has 0 aliphatic rings. The van der Waals surface area contributed by atoms with E-state index in [9.17, 15) is 24.3 Å². The third-order valence-electron chi connectivity index (χ3n) is 2.72. The van der Waals surface area contributed by atoms with E-state index in [0.29, 0.717) is 6.42 Å². The fourth-order valence-electron chi connectivity index (χ4n) is 1.89. The number of aromatic hydroxyl groups is 1. The van der Waals surface area contributed by atoms with Gasteiger partial charge in [0.1, 0.15) is 0 Å². The number of rotatable bonds is 6. The Balaban J connectivity index is 3.64. The van der Waals surface area contributed by atoms with Gasteiger partial charge in [-0.25, -0.2) is 4.79 Å². The number of ether oxygens (including phenoxy) is 3. The zero-order valence-corrected chi connectivity index (χ0v) is 13.8. The SMILES string of the molecule is CCCOC(=O)c1cc(O)c(OC(C)=O)c(OC(C)=O)c1C(C)=O. The summed E-state index contributed by atoms with van der Waals surface area (Å²) in [7, 11) is 0. The van der Waals surface area contributed by atoms with Gasteiger partial charge in [0.15, 0.2) is 17.3 Å². The maximum absolute atomic E-state index is 12.1. The Bertz CT molecular complexity index is 690. The lowest BCUT2D eigenvalue weighted by Gasteiger charge is -2.16. The molecule has 0 amide bonds. The van der Waals surface area contributed by atoms with Crippen molar-refractivity contribution in [2.45, 2.75) is 34.1 Å². The van der Waals surface area contributed by atoms with Crippen LogP contribution in [-0.4, -0.2) is 35.4 Å². The highest BCUT2D eigenvalue weighted by molar-refractivity contribution is 6.09. The second-order valence-electron chi connectivity index (χ2n) is 4.86. The van der Waals surface area contributed by atoms with E-state index in [2.05, 4.69) is 0 Å². The van der Waals surface area contributed by atoms with E-state index in [-0.39, 0.29) is 17.7 Å². The minimum Gasteiger partial charge on any atom is -0.504 e. The van der Waals surface area contributed by atoms with Gasteiger partial charge in [-0.05, 0) is 19.4 Å². The highest BCUT2D eigenvalue weighted by atomic mass is 16.6. The fourth-order valence-corrected chi connectivity index (χ4v) is 1.89. The van der Waals surface area contributed by atoms with Crippen LogP contribution < -0.4 is 9.47 Å². The van der Waals surface area contributed by atoms with Crippen LogP contribution in [0.25, 0.3) is 0 Å². The van der Waals surface area contributed by atoms with Crippen LogP contribution in [0.4, 0.5) is 0 Å². The fraction of sp³-hybridized carbons (Fsp3) is 0.375. The maximum Gasteiger partial charge on any atom is 0.339 e. The number of phenols is 1. The number of hydrogen-bond donors (Lipinski definition) is 1. The zero-order valence-electron chi connectivity index (χ0n) is 13.8. The molecule has 0 saturated carbocycles. The molecule has 24 heavy (non-hydrogen) atoms. The van der Waals surface area contributed by atoms with Crippen LogP contribution in [0, 0.1) is 0 Å². The van der Waals surface area contributed by atoms with E-state index < -0.39 is 40.9 Å². The Labute approximate surface area is 138 Å². The van der Waals surface area contributed by atoms with E-state index in [1.54, 1.807) is 6.92 Å². The molecule has 0 aromatic heterocycles. The second-order valence-corrected chi connectivity index (χ2v) is 4.86. The number of carbonyl (C=O) groups is 4. The van der Waals surface area contributed by atoms with Crippen LogP contribution in [0.2, 0.25) is 0 Å². The van der Waals surface area contributed by atoms with Crippen molar-refractivity contribution in [2.24, 2.45) is 0 Å². The smallest absolute Gasteiger partial charge is 0.339 e. The topological polar surface area (TPSA) is 116 Å². The molecule has 1 aromatic rings. The Morgan fingerprint density at radius 2 is 1.54 bits per heavy atom. The Hall–Kier alpha value is -2.90. The molecule has 0 radical (unpaired) electrons. The van der Waals surface area contributed by atoms with Gasteiger partial charge < -0.3 is 19.3 Å². The maximum atomic E-state index is 12.1. The highest BCUT2D eigenvalue weighted by Gasteiger charge is 2.29. The van der Waals surface area contributed by atoms with E-state index in [0.717, 1.165) is 26.8 Å². The van der Waals surface area contributed by atoms with Crippen LogP contribution in [0.5, 0.6) is 17.2 Å². The summed E-state index contributed by atoms with van der Waals surface area (Å²) < 4.78 is 14.7. The summed E-state index contributed by atoms with van der Waals surface area (Å²) in [6.45, 7) is 5.14. The van der Waals surface area contributed by atoms with Gasteiger partial charge in [-0.1, -0.05) is 6.92 Å². The molecule has 130 valence electrons. The largest absolute Gasteiger partial charge is 0.504 e. The van der Waals surface area contributed by atoms with Crippen LogP contribution in [0.3, 0.4) is 0 Å². The predicted octanol–water partition coefficient (Wildman–Crippen LogP) is 2.01. The normalized spacial score (nSPS) is 10.0. The molecule has 0 fully saturated rings. The quantitative estimate of drug-likeness (QED) is 0.476. The number of Topliss-reactive ketones (excluding diaryl/α,β-unsaturated/α-hetero) is 1. The van der Waals surface area contributed by atoms with E-state index in [1.807, 2.05) is 0 Å². The first-order valence-electron chi connectivity index (χ1n) is 7.13. The molecule has 0 unspecified atom stereocenters. The molecule has 1 N–H and O–H groups in total. The number of carbonyl (C=O) groups excluding carboxylic acids is 4. The predicted molar refractivity (Wildman–Crippen MR) is 81.3 cm³/mol. The summed E-state index contributed by atoms with van der Waals surface area (Å²) in [5, 5.41) is 10.0. The van der Waals surface area contributed by atoms with Crippen LogP contribution >= 0.6 is 0 Å². The summed E-state index contributed by atoms with van der Waals surface area (Å²) in [6, 6.07) is 0.931. The summed E-state index contributed by atoms with van der Waals surface area (Å²) in [5.41, 5.74) is -0.610. The number of benzene rings is 1. The monoisotopic (exact) mass is 338 g/mol. The van der Waals surface area contributed by atoms with Gasteiger partial charge in [0.25, 0.3) is 0 Å². The summed E-state index contributed by atoms with van der Waals surface area (Å²) in [6.07, 6.45) is 0.551. The summed E-state index contributed by atoms with van der Waals surface area (Å²) in [5.74, 6) is -4.82. The van der Waals surface area contributed by atoms with Crippen LogP contribution in [-0.2, 0) is 14.3 Å². The minimum atomic E-state index is -0.875. The molecule has 8 nitrogen and oxygen atoms in total. The molecule has 0 aliphatic heterocycles. The number of hydrogen-bond acceptors (Lipinski definition) is 8. The average Bonchev–Trinajstić information content (AvgIpc) is 2.46. The van der Waals surface area contributed by atoms with E-state index in [4.69, 9.17) is 14.2 Å². The lowest BCUT2D eigenvalue weighted by Crippen LogP contribution is -2.16. The first-order valence-corrected chi connectivity index (χ1v) is 7.13. The van der Waals surface area contributed by atoms with Crippen molar-refractivity contribution >= 4 is 23.7 Å². The number of esters is 3. The van der Waals surface area contributed by atoms with Crippen molar-refractivity contribution in [1.82, 2.24) is 0 Å². The lowest BCUT2D eigenvalue weighted by molar-refractivity contribution is -0.134. The van der Waals surface area contributed by atoms with Gasteiger partial charge in [-0.2, -0.15) is 0 Å². The minimum absolute atomic E-state index is 0.103. The van der Waals surface area contributed by atoms with Crippen molar-refractivity contribution in [3.05, 3.63) is 17.2 Å². The van der Waals surface area contributed by atoms with Gasteiger partial charge in [-0.15, -0.1) is 0 Å². The first kappa shape index (κ1) is 19.1. The summed E-state index contributed by atoms with van der Waals surface area (Å²) in [4.78, 5) is 46.6. The molecule has 8 heteroatoms. The van der Waals surface area contributed by atoms with E-state index >= 15 is 0 Å². The summed E-state index contributed by atoms with van der Waals surface area (Å²) >= 11 is 0. The second kappa shape index (κ2) is 8.09. The third-order valence-corrected chi connectivity index (χ3v) is 2.72. The van der Waals surface area contributed by atoms with Crippen molar-refractivity contribution in [2.75, 3.05) is 6.61 Å². The van der Waals surface area contributed by atoms with Gasteiger partial charge in [-0.3, -0.25) is 14.4 Å². The van der Waals surface area contributed by atoms with Crippen molar-refractivity contribution in [3.8, 4) is 17.2 Å². The zero-order chi connectivity index (χ0) is 18.4. The third kappa shape index (κ3) is 4.55. The van der Waals surface area contributed by atoms with Gasteiger partial charge in [0.05, 0.1) is 17.7 Å². The van der Waals surface area contributed by atoms with Crippen LogP contribution in [0.15, 0.2) is 6.07 Å². The highest BCUT2D eigenvalue weighted by Crippen LogP contribution is 2.42. The number of phenolic OH excluding ortho intramolecular Hbond substituents is 1. The molecular weight excluding hydrogens is 320 g/mol.